The highest BCUT2D eigenvalue weighted by molar-refractivity contribution is 4.91. The zero-order valence-corrected chi connectivity index (χ0v) is 8.81. The Morgan fingerprint density at radius 3 is 2.46 bits per heavy atom. The summed E-state index contributed by atoms with van der Waals surface area (Å²) in [6.07, 6.45) is 6.18. The predicted octanol–water partition coefficient (Wildman–Crippen LogP) is 1.94. The summed E-state index contributed by atoms with van der Waals surface area (Å²) in [5.74, 6) is 0. The number of piperidine rings is 1. The second-order valence-corrected chi connectivity index (χ2v) is 4.95. The van der Waals surface area contributed by atoms with Crippen LogP contribution in [0.1, 0.15) is 39.5 Å². The van der Waals surface area contributed by atoms with Crippen LogP contribution in [-0.2, 0) is 4.74 Å². The normalized spacial score (nSPS) is 46.6. The summed E-state index contributed by atoms with van der Waals surface area (Å²) in [6, 6.07) is 0. The second kappa shape index (κ2) is 3.58. The molecular weight excluding hydrogens is 162 g/mol. The molecule has 0 saturated carbocycles. The second-order valence-electron chi connectivity index (χ2n) is 4.95. The zero-order chi connectivity index (χ0) is 9.31. The molecule has 1 unspecified atom stereocenters. The molecule has 2 saturated heterocycles. The van der Waals surface area contributed by atoms with Crippen molar-refractivity contribution >= 4 is 0 Å². The summed E-state index contributed by atoms with van der Waals surface area (Å²) in [5.41, 5.74) is 0.565. The van der Waals surface area contributed by atoms with Gasteiger partial charge in [-0.3, -0.25) is 0 Å². The van der Waals surface area contributed by atoms with E-state index in [4.69, 9.17) is 4.74 Å². The largest absolute Gasteiger partial charge is 0.376 e. The molecule has 0 radical (unpaired) electrons. The van der Waals surface area contributed by atoms with Gasteiger partial charge >= 0.3 is 0 Å². The first-order chi connectivity index (χ1) is 6.20. The van der Waals surface area contributed by atoms with Crippen LogP contribution in [0.3, 0.4) is 0 Å². The van der Waals surface area contributed by atoms with Crippen LogP contribution in [-0.4, -0.2) is 25.3 Å². The molecule has 0 aromatic carbocycles. The Bertz CT molecular complexity index is 163. The fourth-order valence-corrected chi connectivity index (χ4v) is 3.17. The van der Waals surface area contributed by atoms with Gasteiger partial charge in [0.1, 0.15) is 0 Å². The number of rotatable bonds is 0. The quantitative estimate of drug-likeness (QED) is 0.619. The van der Waals surface area contributed by atoms with Gasteiger partial charge in [-0.15, -0.1) is 0 Å². The molecule has 1 N–H and O–H groups in total. The van der Waals surface area contributed by atoms with Gasteiger partial charge in [0.25, 0.3) is 0 Å². The SMILES string of the molecule is C[C@@H]1CC2(CCCNC2)C[C@H](C)O1. The number of ether oxygens (including phenoxy) is 1. The van der Waals surface area contributed by atoms with Crippen LogP contribution in [0.15, 0.2) is 0 Å². The maximum Gasteiger partial charge on any atom is 0.0556 e. The molecular formula is C11H21NO. The highest BCUT2D eigenvalue weighted by Crippen LogP contribution is 2.41. The third kappa shape index (κ3) is 2.05. The molecule has 2 nitrogen and oxygen atoms in total. The topological polar surface area (TPSA) is 21.3 Å². The Labute approximate surface area is 81.0 Å². The van der Waals surface area contributed by atoms with Crippen molar-refractivity contribution < 1.29 is 4.74 Å². The first kappa shape index (κ1) is 9.47. The first-order valence-corrected chi connectivity index (χ1v) is 5.56. The molecule has 0 bridgehead atoms. The Morgan fingerprint density at radius 2 is 1.92 bits per heavy atom. The Kier molecular flexibility index (Phi) is 2.61. The number of nitrogens with one attached hydrogen (secondary N) is 1. The molecule has 2 fully saturated rings. The van der Waals surface area contributed by atoms with E-state index in [9.17, 15) is 0 Å². The average molecular weight is 183 g/mol. The highest BCUT2D eigenvalue weighted by Gasteiger charge is 2.39. The van der Waals surface area contributed by atoms with Crippen molar-refractivity contribution in [3.63, 3.8) is 0 Å². The van der Waals surface area contributed by atoms with E-state index in [1.807, 2.05) is 0 Å². The minimum atomic E-state index is 0.462. The van der Waals surface area contributed by atoms with Gasteiger partial charge in [-0.2, -0.15) is 0 Å². The van der Waals surface area contributed by atoms with Crippen molar-refractivity contribution in [3.05, 3.63) is 0 Å². The molecule has 2 heteroatoms. The van der Waals surface area contributed by atoms with Crippen LogP contribution in [0.5, 0.6) is 0 Å². The van der Waals surface area contributed by atoms with Gasteiger partial charge in [-0.05, 0) is 51.5 Å². The molecule has 2 rings (SSSR count). The van der Waals surface area contributed by atoms with Crippen molar-refractivity contribution in [2.24, 2.45) is 5.41 Å². The smallest absolute Gasteiger partial charge is 0.0556 e. The highest BCUT2D eigenvalue weighted by atomic mass is 16.5. The van der Waals surface area contributed by atoms with Gasteiger partial charge < -0.3 is 10.1 Å². The van der Waals surface area contributed by atoms with Gasteiger partial charge in [0, 0.05) is 6.54 Å². The van der Waals surface area contributed by atoms with Crippen LogP contribution in [0, 0.1) is 5.41 Å². The van der Waals surface area contributed by atoms with Crippen molar-refractivity contribution in [1.82, 2.24) is 5.32 Å². The fraction of sp³-hybridized carbons (Fsp3) is 1.00. The minimum absolute atomic E-state index is 0.462. The molecule has 0 aliphatic carbocycles. The average Bonchev–Trinajstić information content (AvgIpc) is 2.02. The third-order valence-electron chi connectivity index (χ3n) is 3.47. The number of hydrogen-bond donors (Lipinski definition) is 1. The summed E-state index contributed by atoms with van der Waals surface area (Å²) >= 11 is 0. The molecule has 76 valence electrons. The van der Waals surface area contributed by atoms with Gasteiger partial charge in [0.2, 0.25) is 0 Å². The van der Waals surface area contributed by atoms with Gasteiger partial charge in [-0.25, -0.2) is 0 Å². The molecule has 1 spiro atoms. The summed E-state index contributed by atoms with van der Waals surface area (Å²) in [6.45, 7) is 6.86. The summed E-state index contributed by atoms with van der Waals surface area (Å²) in [4.78, 5) is 0. The van der Waals surface area contributed by atoms with Crippen LogP contribution in [0.2, 0.25) is 0 Å². The monoisotopic (exact) mass is 183 g/mol. The van der Waals surface area contributed by atoms with E-state index in [1.165, 1.54) is 38.8 Å². The van der Waals surface area contributed by atoms with E-state index in [2.05, 4.69) is 19.2 Å². The van der Waals surface area contributed by atoms with E-state index >= 15 is 0 Å². The maximum atomic E-state index is 5.79. The third-order valence-corrected chi connectivity index (χ3v) is 3.47. The molecule has 0 aromatic rings. The van der Waals surface area contributed by atoms with Crippen molar-refractivity contribution in [3.8, 4) is 0 Å². The molecule has 0 amide bonds. The molecule has 2 heterocycles. The molecule has 0 aromatic heterocycles. The van der Waals surface area contributed by atoms with Gasteiger partial charge in [0.05, 0.1) is 12.2 Å². The fourth-order valence-electron chi connectivity index (χ4n) is 3.17. The van der Waals surface area contributed by atoms with Gasteiger partial charge in [0.15, 0.2) is 0 Å². The standard InChI is InChI=1S/C11H21NO/c1-9-6-11(7-10(2)13-9)4-3-5-12-8-11/h9-10,12H,3-8H2,1-2H3/t9-,10+,11?. The van der Waals surface area contributed by atoms with Crippen molar-refractivity contribution in [2.45, 2.75) is 51.7 Å². The molecule has 2 aliphatic heterocycles. The molecule has 3 atom stereocenters. The lowest BCUT2D eigenvalue weighted by atomic mass is 9.71. The molecule has 13 heavy (non-hydrogen) atoms. The van der Waals surface area contributed by atoms with Crippen LogP contribution in [0.4, 0.5) is 0 Å². The van der Waals surface area contributed by atoms with Crippen molar-refractivity contribution in [2.75, 3.05) is 13.1 Å². The molecule has 2 aliphatic rings. The lowest BCUT2D eigenvalue weighted by Gasteiger charge is -2.45. The minimum Gasteiger partial charge on any atom is -0.376 e. The Morgan fingerprint density at radius 1 is 1.23 bits per heavy atom. The van der Waals surface area contributed by atoms with E-state index in [1.54, 1.807) is 0 Å². The zero-order valence-electron chi connectivity index (χ0n) is 8.81. The van der Waals surface area contributed by atoms with E-state index in [0.717, 1.165) is 0 Å². The van der Waals surface area contributed by atoms with Crippen LogP contribution in [0.25, 0.3) is 0 Å². The van der Waals surface area contributed by atoms with E-state index in [-0.39, 0.29) is 0 Å². The maximum absolute atomic E-state index is 5.79. The predicted molar refractivity (Wildman–Crippen MR) is 53.8 cm³/mol. The van der Waals surface area contributed by atoms with Crippen molar-refractivity contribution in [1.29, 1.82) is 0 Å². The lowest BCUT2D eigenvalue weighted by molar-refractivity contribution is -0.0933. The number of hydrogen-bond acceptors (Lipinski definition) is 2. The Balaban J connectivity index is 2.02. The van der Waals surface area contributed by atoms with Crippen LogP contribution >= 0.6 is 0 Å². The lowest BCUT2D eigenvalue weighted by Crippen LogP contribution is -2.47. The van der Waals surface area contributed by atoms with E-state index in [0.29, 0.717) is 17.6 Å². The summed E-state index contributed by atoms with van der Waals surface area (Å²) in [7, 11) is 0. The first-order valence-electron chi connectivity index (χ1n) is 5.56. The van der Waals surface area contributed by atoms with Crippen LogP contribution < -0.4 is 5.32 Å². The summed E-state index contributed by atoms with van der Waals surface area (Å²) in [5, 5.41) is 3.53. The van der Waals surface area contributed by atoms with E-state index < -0.39 is 0 Å². The van der Waals surface area contributed by atoms with Gasteiger partial charge in [-0.1, -0.05) is 0 Å². The summed E-state index contributed by atoms with van der Waals surface area (Å²) < 4.78 is 5.79. The Hall–Kier alpha value is -0.0800.